The van der Waals surface area contributed by atoms with E-state index >= 15 is 0 Å². The van der Waals surface area contributed by atoms with Crippen molar-refractivity contribution in [3.8, 4) is 17.2 Å². The summed E-state index contributed by atoms with van der Waals surface area (Å²) in [5, 5.41) is 4.99. The molecule has 0 aliphatic carbocycles. The Morgan fingerprint density at radius 3 is 1.32 bits per heavy atom. The molecule has 6 aromatic rings. The number of carbonyl (C=O) groups is 1. The van der Waals surface area contributed by atoms with Crippen LogP contribution < -0.4 is 13.6 Å². The van der Waals surface area contributed by atoms with Crippen molar-refractivity contribution in [2.24, 2.45) is 0 Å². The van der Waals surface area contributed by atoms with Crippen LogP contribution in [0.1, 0.15) is 129 Å². The van der Waals surface area contributed by atoms with Gasteiger partial charge >= 0.3 is 8.60 Å². The van der Waals surface area contributed by atoms with Gasteiger partial charge in [0.1, 0.15) is 17.2 Å². The third kappa shape index (κ3) is 10.0. The van der Waals surface area contributed by atoms with Crippen molar-refractivity contribution in [3.05, 3.63) is 148 Å². The zero-order valence-electron chi connectivity index (χ0n) is 34.4. The molecule has 0 atom stereocenters. The first-order valence-corrected chi connectivity index (χ1v) is 22.2. The molecule has 56 heavy (non-hydrogen) atoms. The summed E-state index contributed by atoms with van der Waals surface area (Å²) < 4.78 is 20.7. The molecule has 0 spiro atoms. The number of hydrogen-bond acceptors (Lipinski definition) is 4. The highest BCUT2D eigenvalue weighted by molar-refractivity contribution is 7.43. The van der Waals surface area contributed by atoms with E-state index in [4.69, 9.17) is 13.6 Å². The summed E-state index contributed by atoms with van der Waals surface area (Å²) in [4.78, 5) is 13.3. The zero-order valence-corrected chi connectivity index (χ0v) is 35.3. The molecule has 0 saturated carbocycles. The molecule has 0 bridgehead atoms. The molecule has 0 radical (unpaired) electrons. The summed E-state index contributed by atoms with van der Waals surface area (Å²) in [7, 11) is -1.97. The van der Waals surface area contributed by atoms with E-state index in [1.165, 1.54) is 43.8 Å². The molecule has 292 valence electrons. The number of rotatable bonds is 20. The molecule has 0 aliphatic rings. The maximum atomic E-state index is 13.3. The maximum Gasteiger partial charge on any atom is 0.530 e. The van der Waals surface area contributed by atoms with E-state index in [1.54, 1.807) is 0 Å². The lowest BCUT2D eigenvalue weighted by atomic mass is 9.94. The van der Waals surface area contributed by atoms with Crippen LogP contribution in [0.2, 0.25) is 0 Å². The largest absolute Gasteiger partial charge is 0.530 e. The monoisotopic (exact) mass is 766 g/mol. The van der Waals surface area contributed by atoms with Gasteiger partial charge in [0.15, 0.2) is 5.78 Å². The van der Waals surface area contributed by atoms with Crippen LogP contribution in [0.15, 0.2) is 103 Å². The lowest BCUT2D eigenvalue weighted by Gasteiger charge is -2.23. The summed E-state index contributed by atoms with van der Waals surface area (Å²) in [6.07, 6.45) is 12.3. The third-order valence-corrected chi connectivity index (χ3v) is 11.4. The Hall–Kier alpha value is -4.66. The second-order valence-electron chi connectivity index (χ2n) is 15.1. The Balaban J connectivity index is 1.44. The van der Waals surface area contributed by atoms with Crippen LogP contribution in [0, 0.1) is 0 Å². The minimum atomic E-state index is -1.97. The van der Waals surface area contributed by atoms with Gasteiger partial charge in [-0.3, -0.25) is 4.79 Å². The molecule has 6 rings (SSSR count). The summed E-state index contributed by atoms with van der Waals surface area (Å²) in [6.45, 7) is 13.4. The number of carbonyl (C=O) groups excluding carboxylic acids is 1. The second kappa shape index (κ2) is 20.0. The van der Waals surface area contributed by atoms with Gasteiger partial charge in [-0.25, -0.2) is 0 Å². The Morgan fingerprint density at radius 2 is 0.875 bits per heavy atom. The quantitative estimate of drug-likeness (QED) is 0.0573. The first-order chi connectivity index (χ1) is 27.4. The fourth-order valence-corrected chi connectivity index (χ4v) is 8.88. The molecular formula is C51H59O4P. The number of aryl methyl sites for hydroxylation is 6. The van der Waals surface area contributed by atoms with Crippen LogP contribution in [0.3, 0.4) is 0 Å². The van der Waals surface area contributed by atoms with Crippen molar-refractivity contribution in [1.82, 2.24) is 0 Å². The lowest BCUT2D eigenvalue weighted by molar-refractivity contribution is 0.103. The van der Waals surface area contributed by atoms with Crippen molar-refractivity contribution in [2.45, 2.75) is 119 Å². The SMILES string of the molecule is CCCc1cc(CCC)c2cc(OP(Oc3ccc(C(=O)c4ccccc4)cc3)Oc3cc4c(CCC)cc(CCC)cc4cc3CCC)c(CCC)cc2c1. The average Bonchev–Trinajstić information content (AvgIpc) is 3.20. The average molecular weight is 767 g/mol. The fraction of sp³-hybridized carbons (Fsp3) is 0.353. The van der Waals surface area contributed by atoms with Crippen molar-refractivity contribution in [2.75, 3.05) is 0 Å². The third-order valence-electron chi connectivity index (χ3n) is 10.4. The smallest absolute Gasteiger partial charge is 0.409 e. The van der Waals surface area contributed by atoms with E-state index in [1.807, 2.05) is 54.6 Å². The van der Waals surface area contributed by atoms with Crippen LogP contribution in [0.25, 0.3) is 21.5 Å². The van der Waals surface area contributed by atoms with Crippen molar-refractivity contribution < 1.29 is 18.4 Å². The van der Waals surface area contributed by atoms with Gasteiger partial charge in [-0.15, -0.1) is 0 Å². The van der Waals surface area contributed by atoms with Gasteiger partial charge < -0.3 is 13.6 Å². The Kier molecular flexibility index (Phi) is 14.6. The first-order valence-electron chi connectivity index (χ1n) is 21.1. The highest BCUT2D eigenvalue weighted by Gasteiger charge is 2.25. The summed E-state index contributed by atoms with van der Waals surface area (Å²) in [5.41, 5.74) is 9.07. The van der Waals surface area contributed by atoms with Crippen LogP contribution in [-0.4, -0.2) is 5.78 Å². The minimum absolute atomic E-state index is 0.0254. The van der Waals surface area contributed by atoms with Gasteiger partial charge in [-0.2, -0.15) is 0 Å². The van der Waals surface area contributed by atoms with Crippen LogP contribution >= 0.6 is 8.60 Å². The summed E-state index contributed by atoms with van der Waals surface area (Å²) in [6, 6.07) is 35.3. The molecule has 0 heterocycles. The Morgan fingerprint density at radius 1 is 0.446 bits per heavy atom. The molecule has 0 aliphatic heterocycles. The van der Waals surface area contributed by atoms with Crippen molar-refractivity contribution in [3.63, 3.8) is 0 Å². The fourth-order valence-electron chi connectivity index (χ4n) is 7.81. The number of ketones is 1. The highest BCUT2D eigenvalue weighted by atomic mass is 31.2. The minimum Gasteiger partial charge on any atom is -0.409 e. The topological polar surface area (TPSA) is 44.8 Å². The number of hydrogen-bond donors (Lipinski definition) is 0. The van der Waals surface area contributed by atoms with Gasteiger partial charge in [0, 0.05) is 11.1 Å². The molecule has 0 amide bonds. The molecule has 6 aromatic carbocycles. The lowest BCUT2D eigenvalue weighted by Crippen LogP contribution is -2.06. The van der Waals surface area contributed by atoms with E-state index in [2.05, 4.69) is 90.1 Å². The van der Waals surface area contributed by atoms with Crippen molar-refractivity contribution in [1.29, 1.82) is 0 Å². The predicted molar refractivity (Wildman–Crippen MR) is 237 cm³/mol. The maximum absolute atomic E-state index is 13.3. The first kappa shape index (κ1) is 41.0. The number of benzene rings is 6. The van der Waals surface area contributed by atoms with E-state index in [-0.39, 0.29) is 5.78 Å². The summed E-state index contributed by atoms with van der Waals surface area (Å²) in [5.74, 6) is 2.16. The molecule has 0 aromatic heterocycles. The normalized spacial score (nSPS) is 11.4. The highest BCUT2D eigenvalue weighted by Crippen LogP contribution is 2.47. The number of fused-ring (bicyclic) bond motifs is 2. The van der Waals surface area contributed by atoms with E-state index < -0.39 is 8.60 Å². The molecular weight excluding hydrogens is 708 g/mol. The molecule has 0 unspecified atom stereocenters. The standard InChI is InChI=1S/C51H59O4P/c1-7-16-36-28-40(18-9-3)47-34-49(42(20-11-5)32-44(47)30-36)54-56(53-46-26-24-39(25-27-46)51(52)38-22-14-13-15-23-38)55-50-35-48-41(19-10-4)29-37(17-8-2)31-45(48)33-43(50)21-12-6/h13-15,22-35H,7-12,16-21H2,1-6H3. The molecule has 0 fully saturated rings. The van der Waals surface area contributed by atoms with Gasteiger partial charge in [0.2, 0.25) is 0 Å². The zero-order chi connectivity index (χ0) is 39.4. The molecule has 4 nitrogen and oxygen atoms in total. The second-order valence-corrected chi connectivity index (χ2v) is 16.1. The van der Waals surface area contributed by atoms with Crippen LogP contribution in [0.5, 0.6) is 17.2 Å². The van der Waals surface area contributed by atoms with Gasteiger partial charge in [0.25, 0.3) is 0 Å². The summed E-state index contributed by atoms with van der Waals surface area (Å²) >= 11 is 0. The molecule has 5 heteroatoms. The van der Waals surface area contributed by atoms with Gasteiger partial charge in [-0.05, 0) is 142 Å². The van der Waals surface area contributed by atoms with Gasteiger partial charge in [0.05, 0.1) is 0 Å². The molecule has 0 N–H and O–H groups in total. The van der Waals surface area contributed by atoms with E-state index in [0.29, 0.717) is 16.9 Å². The Bertz CT molecular complexity index is 2110. The predicted octanol–water partition coefficient (Wildman–Crippen LogP) is 14.7. The van der Waals surface area contributed by atoms with E-state index in [9.17, 15) is 4.79 Å². The van der Waals surface area contributed by atoms with Crippen molar-refractivity contribution >= 4 is 35.9 Å². The van der Waals surface area contributed by atoms with Crippen LogP contribution in [0.4, 0.5) is 0 Å². The Labute approximate surface area is 336 Å². The van der Waals surface area contributed by atoms with Gasteiger partial charge in [-0.1, -0.05) is 135 Å². The van der Waals surface area contributed by atoms with E-state index in [0.717, 1.165) is 99.7 Å². The van der Waals surface area contributed by atoms with Crippen LogP contribution in [-0.2, 0) is 38.5 Å². The molecule has 0 saturated heterocycles.